The molecule has 3 aromatic rings. The van der Waals surface area contributed by atoms with Gasteiger partial charge in [-0.25, -0.2) is 4.79 Å². The number of oxazole rings is 1. The second-order valence-electron chi connectivity index (χ2n) is 6.19. The lowest BCUT2D eigenvalue weighted by Crippen LogP contribution is -2.16. The van der Waals surface area contributed by atoms with Gasteiger partial charge >= 0.3 is 11.7 Å². The minimum absolute atomic E-state index is 0.00255. The topological polar surface area (TPSA) is 94.6 Å². The summed E-state index contributed by atoms with van der Waals surface area (Å²) in [7, 11) is 0. The van der Waals surface area contributed by atoms with Crippen molar-refractivity contribution in [3.8, 4) is 5.75 Å². The molecule has 0 bridgehead atoms. The molecule has 0 amide bonds. The third-order valence-electron chi connectivity index (χ3n) is 4.18. The van der Waals surface area contributed by atoms with Crippen LogP contribution in [0.25, 0.3) is 11.1 Å². The number of hydrogen-bond acceptors (Lipinski definition) is 5. The van der Waals surface area contributed by atoms with Crippen molar-refractivity contribution in [2.75, 3.05) is 0 Å². The molecular formula is C19H19ClN2O5. The number of carbonyl (C=O) groups is 1. The van der Waals surface area contributed by atoms with Crippen molar-refractivity contribution in [1.29, 1.82) is 0 Å². The standard InChI is InChI=1S/C19H19ClN2O5/c1-3-15(13-5-4-11(2)10-21-13)26-16-9-17-14(8-12(16)20)22(19(25)27-17)7-6-18(23)24/h4-5,8-10,15H,3,6-7H2,1-2H3,(H,23,24)/t15-/m1/s1. The summed E-state index contributed by atoms with van der Waals surface area (Å²) >= 11 is 6.34. The van der Waals surface area contributed by atoms with Gasteiger partial charge in [0.25, 0.3) is 0 Å². The van der Waals surface area contributed by atoms with Crippen LogP contribution in [0.15, 0.2) is 39.7 Å². The van der Waals surface area contributed by atoms with E-state index in [0.717, 1.165) is 11.3 Å². The first-order valence-corrected chi connectivity index (χ1v) is 8.90. The Morgan fingerprint density at radius 1 is 1.41 bits per heavy atom. The Bertz CT molecular complexity index is 1020. The Balaban J connectivity index is 1.93. The Hall–Kier alpha value is -2.80. The zero-order chi connectivity index (χ0) is 19.6. The highest BCUT2D eigenvalue weighted by Gasteiger charge is 2.18. The summed E-state index contributed by atoms with van der Waals surface area (Å²) in [4.78, 5) is 27.2. The van der Waals surface area contributed by atoms with E-state index in [9.17, 15) is 9.59 Å². The smallest absolute Gasteiger partial charge is 0.419 e. The second-order valence-corrected chi connectivity index (χ2v) is 6.60. The molecule has 0 unspecified atom stereocenters. The zero-order valence-electron chi connectivity index (χ0n) is 14.9. The molecular weight excluding hydrogens is 372 g/mol. The van der Waals surface area contributed by atoms with Gasteiger partial charge in [-0.05, 0) is 31.0 Å². The molecule has 0 saturated heterocycles. The molecule has 0 saturated carbocycles. The van der Waals surface area contributed by atoms with Gasteiger partial charge < -0.3 is 14.3 Å². The molecule has 0 fully saturated rings. The van der Waals surface area contributed by atoms with Crippen LogP contribution < -0.4 is 10.5 Å². The molecule has 1 atom stereocenters. The van der Waals surface area contributed by atoms with Crippen LogP contribution in [-0.4, -0.2) is 20.6 Å². The van der Waals surface area contributed by atoms with Crippen molar-refractivity contribution in [2.45, 2.75) is 39.3 Å². The van der Waals surface area contributed by atoms with Crippen molar-refractivity contribution < 1.29 is 19.1 Å². The monoisotopic (exact) mass is 390 g/mol. The molecule has 0 aliphatic carbocycles. The van der Waals surface area contributed by atoms with Gasteiger partial charge in [0.2, 0.25) is 0 Å². The van der Waals surface area contributed by atoms with Gasteiger partial charge in [-0.15, -0.1) is 0 Å². The quantitative estimate of drug-likeness (QED) is 0.656. The summed E-state index contributed by atoms with van der Waals surface area (Å²) < 4.78 is 12.5. The molecule has 1 N–H and O–H groups in total. The number of carboxylic acids is 1. The van der Waals surface area contributed by atoms with E-state index in [1.807, 2.05) is 26.0 Å². The molecule has 2 heterocycles. The van der Waals surface area contributed by atoms with Crippen LogP contribution in [0.4, 0.5) is 0 Å². The van der Waals surface area contributed by atoms with Crippen LogP contribution >= 0.6 is 11.6 Å². The molecule has 0 aliphatic heterocycles. The maximum Gasteiger partial charge on any atom is 0.419 e. The fourth-order valence-electron chi connectivity index (χ4n) is 2.75. The number of ether oxygens (including phenoxy) is 1. The average Bonchev–Trinajstić information content (AvgIpc) is 2.93. The molecule has 0 radical (unpaired) electrons. The van der Waals surface area contributed by atoms with E-state index in [1.54, 1.807) is 18.3 Å². The number of carboxylic acid groups (broad SMARTS) is 1. The first kappa shape index (κ1) is 19.0. The summed E-state index contributed by atoms with van der Waals surface area (Å²) in [5.74, 6) is -1.26. The fourth-order valence-corrected chi connectivity index (χ4v) is 2.95. The van der Waals surface area contributed by atoms with E-state index in [-0.39, 0.29) is 24.7 Å². The minimum atomic E-state index is -1.00. The molecule has 8 heteroatoms. The fraction of sp³-hybridized carbons (Fsp3) is 0.316. The van der Waals surface area contributed by atoms with E-state index in [0.29, 0.717) is 22.7 Å². The Kier molecular flexibility index (Phi) is 5.51. The van der Waals surface area contributed by atoms with Gasteiger partial charge in [0.05, 0.1) is 22.7 Å². The lowest BCUT2D eigenvalue weighted by atomic mass is 10.1. The highest BCUT2D eigenvalue weighted by molar-refractivity contribution is 6.32. The van der Waals surface area contributed by atoms with Crippen molar-refractivity contribution in [1.82, 2.24) is 9.55 Å². The highest BCUT2D eigenvalue weighted by Crippen LogP contribution is 2.33. The molecule has 0 spiro atoms. The molecule has 0 aliphatic rings. The van der Waals surface area contributed by atoms with Crippen LogP contribution in [0.2, 0.25) is 5.02 Å². The minimum Gasteiger partial charge on any atom is -0.482 e. The number of pyridine rings is 1. The molecule has 142 valence electrons. The van der Waals surface area contributed by atoms with Gasteiger partial charge in [0.15, 0.2) is 5.58 Å². The number of hydrogen-bond donors (Lipinski definition) is 1. The SMILES string of the molecule is CC[C@@H](Oc1cc2oc(=O)n(CCC(=O)O)c2cc1Cl)c1ccc(C)cn1. The Morgan fingerprint density at radius 3 is 2.81 bits per heavy atom. The van der Waals surface area contributed by atoms with E-state index in [4.69, 9.17) is 25.9 Å². The zero-order valence-corrected chi connectivity index (χ0v) is 15.7. The molecule has 1 aromatic carbocycles. The van der Waals surface area contributed by atoms with Gasteiger partial charge in [-0.1, -0.05) is 24.6 Å². The normalized spacial score (nSPS) is 12.3. The van der Waals surface area contributed by atoms with Gasteiger partial charge in [-0.2, -0.15) is 0 Å². The van der Waals surface area contributed by atoms with E-state index in [1.165, 1.54) is 4.57 Å². The second kappa shape index (κ2) is 7.84. The summed E-state index contributed by atoms with van der Waals surface area (Å²) in [6, 6.07) is 6.96. The lowest BCUT2D eigenvalue weighted by Gasteiger charge is -2.18. The van der Waals surface area contributed by atoms with E-state index in [2.05, 4.69) is 4.98 Å². The molecule has 3 rings (SSSR count). The number of fused-ring (bicyclic) bond motifs is 1. The maximum atomic E-state index is 12.0. The summed E-state index contributed by atoms with van der Waals surface area (Å²) in [6.07, 6.45) is 1.95. The highest BCUT2D eigenvalue weighted by atomic mass is 35.5. The van der Waals surface area contributed by atoms with Gasteiger partial charge in [0, 0.05) is 18.8 Å². The third kappa shape index (κ3) is 4.14. The van der Waals surface area contributed by atoms with Crippen LogP contribution in [0, 0.1) is 6.92 Å². The maximum absolute atomic E-state index is 12.0. The number of aromatic nitrogens is 2. The molecule has 27 heavy (non-hydrogen) atoms. The van der Waals surface area contributed by atoms with Crippen LogP contribution in [0.5, 0.6) is 5.75 Å². The Morgan fingerprint density at radius 2 is 2.19 bits per heavy atom. The summed E-state index contributed by atoms with van der Waals surface area (Å²) in [6.45, 7) is 3.93. The molecule has 2 aromatic heterocycles. The predicted octanol–water partition coefficient (Wildman–Crippen LogP) is 3.96. The van der Waals surface area contributed by atoms with Gasteiger partial charge in [0.1, 0.15) is 11.9 Å². The van der Waals surface area contributed by atoms with Crippen molar-refractivity contribution >= 4 is 28.7 Å². The summed E-state index contributed by atoms with van der Waals surface area (Å²) in [5.41, 5.74) is 2.55. The number of rotatable bonds is 7. The van der Waals surface area contributed by atoms with Crippen molar-refractivity contribution in [3.63, 3.8) is 0 Å². The molecule has 7 nitrogen and oxygen atoms in total. The number of aliphatic carboxylic acids is 1. The van der Waals surface area contributed by atoms with Crippen molar-refractivity contribution in [3.05, 3.63) is 57.3 Å². The number of aryl methyl sites for hydroxylation is 2. The number of halogens is 1. The Labute approximate surface area is 160 Å². The van der Waals surface area contributed by atoms with E-state index < -0.39 is 11.7 Å². The average molecular weight is 391 g/mol. The summed E-state index contributed by atoms with van der Waals surface area (Å²) in [5, 5.41) is 9.13. The number of nitrogens with zero attached hydrogens (tertiary/aromatic N) is 2. The van der Waals surface area contributed by atoms with Crippen LogP contribution in [-0.2, 0) is 11.3 Å². The first-order chi connectivity index (χ1) is 12.9. The van der Waals surface area contributed by atoms with Gasteiger partial charge in [-0.3, -0.25) is 14.3 Å². The predicted molar refractivity (Wildman–Crippen MR) is 100 cm³/mol. The first-order valence-electron chi connectivity index (χ1n) is 8.53. The third-order valence-corrected chi connectivity index (χ3v) is 4.47. The van der Waals surface area contributed by atoms with Crippen molar-refractivity contribution in [2.24, 2.45) is 0 Å². The number of benzene rings is 1. The lowest BCUT2D eigenvalue weighted by molar-refractivity contribution is -0.137. The van der Waals surface area contributed by atoms with E-state index >= 15 is 0 Å². The van der Waals surface area contributed by atoms with Crippen LogP contribution in [0.3, 0.4) is 0 Å². The van der Waals surface area contributed by atoms with Crippen LogP contribution in [0.1, 0.15) is 37.1 Å². The largest absolute Gasteiger partial charge is 0.482 e.